The summed E-state index contributed by atoms with van der Waals surface area (Å²) in [5, 5.41) is 31.2. The minimum absolute atomic E-state index is 0.0943. The monoisotopic (exact) mass is 554 g/mol. The fourth-order valence-corrected chi connectivity index (χ4v) is 5.73. The Labute approximate surface area is 222 Å². The molecule has 0 aliphatic carbocycles. The molecule has 3 heterocycles. The van der Waals surface area contributed by atoms with Gasteiger partial charge in [0.15, 0.2) is 15.9 Å². The molecule has 0 saturated carbocycles. The van der Waals surface area contributed by atoms with E-state index in [1.165, 1.54) is 54.4 Å². The third-order valence-electron chi connectivity index (χ3n) is 5.47. The first kappa shape index (κ1) is 24.7. The van der Waals surface area contributed by atoms with E-state index >= 15 is 0 Å². The van der Waals surface area contributed by atoms with Crippen LogP contribution in [0.3, 0.4) is 0 Å². The van der Waals surface area contributed by atoms with Crippen molar-refractivity contribution in [2.24, 2.45) is 0 Å². The summed E-state index contributed by atoms with van der Waals surface area (Å²) in [5.74, 6) is -1.92. The standard InChI is InChI=1S/C24H15ClN4O6S2/c25-15-8-6-13(7-9-15)12-36-24-27-26-23(37-24)28-19(14-3-1-4-16(11-14)29(33)34)18(21(31)22(28)32)20(30)17-5-2-10-35-17/h1-11,19,31H,12H2. The zero-order valence-corrected chi connectivity index (χ0v) is 21.0. The number of thioether (sulfide) groups is 1. The van der Waals surface area contributed by atoms with Crippen LogP contribution in [0.15, 0.2) is 87.0 Å². The van der Waals surface area contributed by atoms with Gasteiger partial charge in [-0.25, -0.2) is 0 Å². The maximum absolute atomic E-state index is 13.3. The molecule has 0 spiro atoms. The van der Waals surface area contributed by atoms with Gasteiger partial charge in [-0.2, -0.15) is 0 Å². The Balaban J connectivity index is 1.51. The smallest absolute Gasteiger partial charge is 0.296 e. The Kier molecular flexibility index (Phi) is 6.78. The summed E-state index contributed by atoms with van der Waals surface area (Å²) >= 11 is 8.41. The number of ketones is 1. The molecule has 0 fully saturated rings. The number of non-ortho nitro benzene ring substituents is 1. The second kappa shape index (κ2) is 10.2. The van der Waals surface area contributed by atoms with Gasteiger partial charge in [-0.3, -0.25) is 24.6 Å². The second-order valence-corrected chi connectivity index (χ2v) is 10.4. The van der Waals surface area contributed by atoms with Crippen molar-refractivity contribution in [3.05, 3.63) is 110 Å². The minimum Gasteiger partial charge on any atom is -0.503 e. The molecule has 13 heteroatoms. The lowest BCUT2D eigenvalue weighted by Crippen LogP contribution is -2.31. The van der Waals surface area contributed by atoms with Gasteiger partial charge in [-0.15, -0.1) is 10.2 Å². The van der Waals surface area contributed by atoms with Crippen LogP contribution in [-0.4, -0.2) is 31.9 Å². The van der Waals surface area contributed by atoms with Crippen molar-refractivity contribution in [1.29, 1.82) is 0 Å². The number of Topliss-reactive ketones (excluding diaryl/α,β-unsaturated/α-hetero) is 1. The van der Waals surface area contributed by atoms with Crippen LogP contribution in [-0.2, 0) is 10.5 Å². The fourth-order valence-electron chi connectivity index (χ4n) is 3.78. The summed E-state index contributed by atoms with van der Waals surface area (Å²) in [4.78, 5) is 38.4. The van der Waals surface area contributed by atoms with Crippen LogP contribution in [0.2, 0.25) is 5.02 Å². The Bertz CT molecular complexity index is 1530. The highest BCUT2D eigenvalue weighted by Gasteiger charge is 2.47. The quantitative estimate of drug-likeness (QED) is 0.0944. The Morgan fingerprint density at radius 3 is 2.68 bits per heavy atom. The maximum atomic E-state index is 13.3. The molecule has 5 rings (SSSR count). The summed E-state index contributed by atoms with van der Waals surface area (Å²) in [6.45, 7) is 0. The zero-order valence-electron chi connectivity index (χ0n) is 18.6. The van der Waals surface area contributed by atoms with Gasteiger partial charge in [0.2, 0.25) is 10.9 Å². The molecule has 1 aliphatic rings. The molecule has 10 nitrogen and oxygen atoms in total. The molecule has 1 N–H and O–H groups in total. The molecule has 0 bridgehead atoms. The molecule has 4 aromatic rings. The van der Waals surface area contributed by atoms with Crippen LogP contribution in [0.5, 0.6) is 0 Å². The van der Waals surface area contributed by atoms with E-state index in [2.05, 4.69) is 10.2 Å². The number of benzene rings is 2. The van der Waals surface area contributed by atoms with Crippen molar-refractivity contribution in [3.63, 3.8) is 0 Å². The van der Waals surface area contributed by atoms with Gasteiger partial charge < -0.3 is 9.52 Å². The topological polar surface area (TPSA) is 140 Å². The lowest BCUT2D eigenvalue weighted by Gasteiger charge is -2.23. The van der Waals surface area contributed by atoms with Crippen LogP contribution < -0.4 is 4.90 Å². The Morgan fingerprint density at radius 2 is 1.97 bits per heavy atom. The average molecular weight is 555 g/mol. The van der Waals surface area contributed by atoms with Crippen molar-refractivity contribution in [2.75, 3.05) is 4.90 Å². The lowest BCUT2D eigenvalue weighted by atomic mass is 9.95. The van der Waals surface area contributed by atoms with E-state index in [1.807, 2.05) is 12.1 Å². The molecular formula is C24H15ClN4O6S2. The number of nitrogens with zero attached hydrogens (tertiary/aromatic N) is 4. The first-order chi connectivity index (χ1) is 17.8. The number of amides is 1. The van der Waals surface area contributed by atoms with Crippen molar-refractivity contribution < 1.29 is 24.0 Å². The van der Waals surface area contributed by atoms with E-state index in [-0.39, 0.29) is 27.7 Å². The molecule has 1 atom stereocenters. The predicted octanol–water partition coefficient (Wildman–Crippen LogP) is 5.77. The highest BCUT2D eigenvalue weighted by Crippen LogP contribution is 2.44. The largest absolute Gasteiger partial charge is 0.503 e. The Hall–Kier alpha value is -4.00. The van der Waals surface area contributed by atoms with Crippen LogP contribution in [0.4, 0.5) is 10.8 Å². The number of anilines is 1. The number of carbonyl (C=O) groups is 2. The number of rotatable bonds is 8. The van der Waals surface area contributed by atoms with Gasteiger partial charge >= 0.3 is 0 Å². The first-order valence-electron chi connectivity index (χ1n) is 10.6. The molecule has 186 valence electrons. The molecule has 0 saturated heterocycles. The summed E-state index contributed by atoms with van der Waals surface area (Å²) in [6, 6.07) is 14.5. The molecule has 37 heavy (non-hydrogen) atoms. The van der Waals surface area contributed by atoms with E-state index in [1.54, 1.807) is 12.1 Å². The number of halogens is 1. The molecule has 2 aromatic heterocycles. The Morgan fingerprint density at radius 1 is 1.19 bits per heavy atom. The number of aliphatic hydroxyl groups excluding tert-OH is 1. The number of carbonyl (C=O) groups excluding carboxylic acids is 2. The van der Waals surface area contributed by atoms with Gasteiger partial charge in [0, 0.05) is 22.9 Å². The minimum atomic E-state index is -1.19. The number of aromatic nitrogens is 2. The van der Waals surface area contributed by atoms with Crippen LogP contribution in [0, 0.1) is 10.1 Å². The van der Waals surface area contributed by atoms with Gasteiger partial charge in [0.25, 0.3) is 11.6 Å². The molecule has 1 unspecified atom stereocenters. The summed E-state index contributed by atoms with van der Waals surface area (Å²) < 4.78 is 5.74. The number of hydrogen-bond acceptors (Lipinski definition) is 10. The van der Waals surface area contributed by atoms with Crippen LogP contribution in [0.25, 0.3) is 0 Å². The first-order valence-corrected chi connectivity index (χ1v) is 12.8. The zero-order chi connectivity index (χ0) is 26.1. The molecule has 1 aliphatic heterocycles. The van der Waals surface area contributed by atoms with E-state index in [0.29, 0.717) is 15.1 Å². The number of aliphatic hydroxyl groups is 1. The number of hydrogen-bond donors (Lipinski definition) is 1. The van der Waals surface area contributed by atoms with Crippen molar-refractivity contribution in [3.8, 4) is 0 Å². The molecule has 2 aromatic carbocycles. The van der Waals surface area contributed by atoms with E-state index in [4.69, 9.17) is 16.0 Å². The predicted molar refractivity (Wildman–Crippen MR) is 137 cm³/mol. The van der Waals surface area contributed by atoms with Gasteiger partial charge in [-0.1, -0.05) is 59.0 Å². The van der Waals surface area contributed by atoms with Crippen LogP contribution in [0.1, 0.15) is 27.7 Å². The summed E-state index contributed by atoms with van der Waals surface area (Å²) in [7, 11) is 0. The number of nitro benzene ring substituents is 1. The third kappa shape index (κ3) is 4.86. The van der Waals surface area contributed by atoms with Gasteiger partial charge in [0.05, 0.1) is 22.8 Å². The normalized spacial score (nSPS) is 15.4. The highest BCUT2D eigenvalue weighted by atomic mass is 35.5. The lowest BCUT2D eigenvalue weighted by molar-refractivity contribution is -0.384. The van der Waals surface area contributed by atoms with Crippen molar-refractivity contribution >= 4 is 57.2 Å². The number of furan rings is 1. The van der Waals surface area contributed by atoms with E-state index < -0.39 is 28.4 Å². The SMILES string of the molecule is O=C(C1=C(O)C(=O)N(c2nnc(SCc3ccc(Cl)cc3)s2)C1c1cccc([N+](=O)[O-])c1)c1ccco1. The van der Waals surface area contributed by atoms with E-state index in [9.17, 15) is 24.8 Å². The van der Waals surface area contributed by atoms with E-state index in [0.717, 1.165) is 21.8 Å². The maximum Gasteiger partial charge on any atom is 0.296 e. The van der Waals surface area contributed by atoms with Gasteiger partial charge in [0.1, 0.15) is 0 Å². The molecular weight excluding hydrogens is 540 g/mol. The molecule has 0 radical (unpaired) electrons. The molecule has 1 amide bonds. The third-order valence-corrected chi connectivity index (χ3v) is 7.85. The van der Waals surface area contributed by atoms with Crippen LogP contribution >= 0.6 is 34.7 Å². The van der Waals surface area contributed by atoms with Gasteiger partial charge in [-0.05, 0) is 35.4 Å². The average Bonchev–Trinajstić information content (AvgIpc) is 3.64. The van der Waals surface area contributed by atoms with Crippen molar-refractivity contribution in [2.45, 2.75) is 16.1 Å². The summed E-state index contributed by atoms with van der Waals surface area (Å²) in [6.07, 6.45) is 1.29. The van der Waals surface area contributed by atoms with Crippen molar-refractivity contribution in [1.82, 2.24) is 10.2 Å². The summed E-state index contributed by atoms with van der Waals surface area (Å²) in [5.41, 5.74) is 0.735. The number of nitro groups is 1. The fraction of sp³-hybridized carbons (Fsp3) is 0.0833. The highest BCUT2D eigenvalue weighted by molar-refractivity contribution is 8.00. The second-order valence-electron chi connectivity index (χ2n) is 7.76.